The molecule has 0 saturated heterocycles. The first-order valence-electron chi connectivity index (χ1n) is 6.51. The molecule has 0 spiro atoms. The zero-order valence-corrected chi connectivity index (χ0v) is 11.7. The predicted molar refractivity (Wildman–Crippen MR) is 75.3 cm³/mol. The lowest BCUT2D eigenvalue weighted by Gasteiger charge is -2.10. The summed E-state index contributed by atoms with van der Waals surface area (Å²) in [6.07, 6.45) is -0.460. The second-order valence-corrected chi connectivity index (χ2v) is 4.24. The summed E-state index contributed by atoms with van der Waals surface area (Å²) in [4.78, 5) is 22.7. The van der Waals surface area contributed by atoms with Gasteiger partial charge in [0.1, 0.15) is 0 Å². The molecule has 0 saturated carbocycles. The van der Waals surface area contributed by atoms with Crippen LogP contribution in [0.25, 0.3) is 0 Å². The molecule has 2 amide bonds. The highest BCUT2D eigenvalue weighted by Crippen LogP contribution is 2.16. The molecule has 0 aliphatic rings. The monoisotopic (exact) mass is 280 g/mol. The highest BCUT2D eigenvalue weighted by molar-refractivity contribution is 5.89. The number of aliphatic hydroxyl groups excluding tert-OH is 1. The molecule has 0 radical (unpaired) electrons. The van der Waals surface area contributed by atoms with Gasteiger partial charge in [-0.15, -0.1) is 0 Å². The van der Waals surface area contributed by atoms with Crippen LogP contribution in [0.15, 0.2) is 24.3 Å². The number of hydrogen-bond donors (Lipinski definition) is 3. The van der Waals surface area contributed by atoms with Crippen molar-refractivity contribution in [1.82, 2.24) is 5.32 Å². The van der Waals surface area contributed by atoms with E-state index in [0.717, 1.165) is 0 Å². The predicted octanol–water partition coefficient (Wildman–Crippen LogP) is 1.81. The number of esters is 1. The topological polar surface area (TPSA) is 87.7 Å². The molecule has 1 unspecified atom stereocenters. The van der Waals surface area contributed by atoms with E-state index in [1.807, 2.05) is 0 Å². The zero-order valence-electron chi connectivity index (χ0n) is 11.7. The average Bonchev–Trinajstić information content (AvgIpc) is 2.39. The van der Waals surface area contributed by atoms with Crippen molar-refractivity contribution in [3.05, 3.63) is 29.8 Å². The van der Waals surface area contributed by atoms with Crippen molar-refractivity contribution in [2.75, 3.05) is 18.5 Å². The van der Waals surface area contributed by atoms with Gasteiger partial charge in [0.2, 0.25) is 0 Å². The Bertz CT molecular complexity index is 460. The Kier molecular flexibility index (Phi) is 6.52. The van der Waals surface area contributed by atoms with E-state index < -0.39 is 12.1 Å². The minimum atomic E-state index is -0.594. The van der Waals surface area contributed by atoms with Gasteiger partial charge in [-0.05, 0) is 31.5 Å². The highest BCUT2D eigenvalue weighted by atomic mass is 16.5. The van der Waals surface area contributed by atoms with Gasteiger partial charge < -0.3 is 20.5 Å². The van der Waals surface area contributed by atoms with Gasteiger partial charge in [0, 0.05) is 12.2 Å². The molecule has 6 heteroatoms. The largest absolute Gasteiger partial charge is 0.466 e. The molecule has 0 aromatic heterocycles. The van der Waals surface area contributed by atoms with Crippen LogP contribution in [0, 0.1) is 0 Å². The van der Waals surface area contributed by atoms with Crippen molar-refractivity contribution in [3.63, 3.8) is 0 Å². The van der Waals surface area contributed by atoms with Crippen LogP contribution in [0.1, 0.15) is 31.9 Å². The van der Waals surface area contributed by atoms with Crippen molar-refractivity contribution in [1.29, 1.82) is 0 Å². The van der Waals surface area contributed by atoms with Crippen LogP contribution < -0.4 is 10.6 Å². The molecular weight excluding hydrogens is 260 g/mol. The van der Waals surface area contributed by atoms with Crippen LogP contribution in [0.4, 0.5) is 10.5 Å². The number of aliphatic hydroxyl groups is 1. The molecule has 20 heavy (non-hydrogen) atoms. The summed E-state index contributed by atoms with van der Waals surface area (Å²) in [6.45, 7) is 3.92. The van der Waals surface area contributed by atoms with Crippen LogP contribution in [0.5, 0.6) is 0 Å². The standard InChI is InChI=1S/C14H20N2O4/c1-3-20-13(18)7-8-15-14(19)16-12-6-4-5-11(9-12)10(2)17/h4-6,9-10,17H,3,7-8H2,1-2H3,(H2,15,16,19). The van der Waals surface area contributed by atoms with Crippen molar-refractivity contribution in [2.45, 2.75) is 26.4 Å². The van der Waals surface area contributed by atoms with E-state index in [0.29, 0.717) is 17.9 Å². The number of carbonyl (C=O) groups is 2. The summed E-state index contributed by atoms with van der Waals surface area (Å²) in [5.41, 5.74) is 1.30. The molecule has 0 fully saturated rings. The number of nitrogens with one attached hydrogen (secondary N) is 2. The Balaban J connectivity index is 2.39. The fourth-order valence-corrected chi connectivity index (χ4v) is 1.56. The van der Waals surface area contributed by atoms with E-state index in [1.165, 1.54) is 0 Å². The van der Waals surface area contributed by atoms with Crippen molar-refractivity contribution in [2.24, 2.45) is 0 Å². The molecule has 0 aliphatic heterocycles. The van der Waals surface area contributed by atoms with Crippen molar-refractivity contribution >= 4 is 17.7 Å². The highest BCUT2D eigenvalue weighted by Gasteiger charge is 2.06. The normalized spacial score (nSPS) is 11.6. The molecule has 0 heterocycles. The van der Waals surface area contributed by atoms with Crippen LogP contribution in [0.2, 0.25) is 0 Å². The molecule has 1 atom stereocenters. The number of anilines is 1. The van der Waals surface area contributed by atoms with E-state index in [-0.39, 0.29) is 18.9 Å². The maximum atomic E-state index is 11.6. The minimum absolute atomic E-state index is 0.134. The number of urea groups is 1. The van der Waals surface area contributed by atoms with Crippen LogP contribution >= 0.6 is 0 Å². The van der Waals surface area contributed by atoms with Crippen LogP contribution in [-0.2, 0) is 9.53 Å². The Labute approximate surface area is 118 Å². The van der Waals surface area contributed by atoms with Crippen molar-refractivity contribution < 1.29 is 19.4 Å². The molecule has 1 aromatic rings. The maximum Gasteiger partial charge on any atom is 0.319 e. The van der Waals surface area contributed by atoms with Gasteiger partial charge in [-0.2, -0.15) is 0 Å². The summed E-state index contributed by atoms with van der Waals surface area (Å²) < 4.78 is 4.75. The van der Waals surface area contributed by atoms with Gasteiger partial charge >= 0.3 is 12.0 Å². The van der Waals surface area contributed by atoms with E-state index in [2.05, 4.69) is 10.6 Å². The van der Waals surface area contributed by atoms with Gasteiger partial charge in [0.15, 0.2) is 0 Å². The summed E-state index contributed by atoms with van der Waals surface area (Å²) in [6, 6.07) is 6.52. The fraction of sp³-hybridized carbons (Fsp3) is 0.429. The number of carbonyl (C=O) groups excluding carboxylic acids is 2. The summed E-state index contributed by atoms with van der Waals surface area (Å²) in [5.74, 6) is -0.344. The third kappa shape index (κ3) is 5.71. The van der Waals surface area contributed by atoms with Crippen LogP contribution in [-0.4, -0.2) is 30.3 Å². The van der Waals surface area contributed by atoms with Crippen molar-refractivity contribution in [3.8, 4) is 0 Å². The quantitative estimate of drug-likeness (QED) is 0.693. The van der Waals surface area contributed by atoms with Gasteiger partial charge in [0.25, 0.3) is 0 Å². The number of ether oxygens (including phenoxy) is 1. The minimum Gasteiger partial charge on any atom is -0.466 e. The van der Waals surface area contributed by atoms with E-state index >= 15 is 0 Å². The number of rotatable bonds is 6. The van der Waals surface area contributed by atoms with Gasteiger partial charge in [-0.1, -0.05) is 12.1 Å². The SMILES string of the molecule is CCOC(=O)CCNC(=O)Nc1cccc(C(C)O)c1. The van der Waals surface area contributed by atoms with Gasteiger partial charge in [-0.3, -0.25) is 4.79 Å². The Morgan fingerprint density at radius 3 is 2.80 bits per heavy atom. The third-order valence-electron chi connectivity index (χ3n) is 2.55. The molecule has 3 N–H and O–H groups in total. The van der Waals surface area contributed by atoms with E-state index in [4.69, 9.17) is 4.74 Å². The Hall–Kier alpha value is -2.08. The fourth-order valence-electron chi connectivity index (χ4n) is 1.56. The third-order valence-corrected chi connectivity index (χ3v) is 2.55. The zero-order chi connectivity index (χ0) is 15.0. The second-order valence-electron chi connectivity index (χ2n) is 4.24. The average molecular weight is 280 g/mol. The summed E-state index contributed by atoms with van der Waals surface area (Å²) in [5, 5.41) is 14.6. The summed E-state index contributed by atoms with van der Waals surface area (Å²) in [7, 11) is 0. The molecule has 1 aromatic carbocycles. The first-order valence-corrected chi connectivity index (χ1v) is 6.51. The van der Waals surface area contributed by atoms with Gasteiger partial charge in [0.05, 0.1) is 19.1 Å². The summed E-state index contributed by atoms with van der Waals surface area (Å²) >= 11 is 0. The van der Waals surface area contributed by atoms with E-state index in [1.54, 1.807) is 38.1 Å². The molecular formula is C14H20N2O4. The number of amides is 2. The van der Waals surface area contributed by atoms with E-state index in [9.17, 15) is 14.7 Å². The number of hydrogen-bond acceptors (Lipinski definition) is 4. The molecule has 0 aliphatic carbocycles. The molecule has 0 bridgehead atoms. The second kappa shape index (κ2) is 8.16. The lowest BCUT2D eigenvalue weighted by atomic mass is 10.1. The molecule has 110 valence electrons. The smallest absolute Gasteiger partial charge is 0.319 e. The lowest BCUT2D eigenvalue weighted by Crippen LogP contribution is -2.30. The van der Waals surface area contributed by atoms with Gasteiger partial charge in [-0.25, -0.2) is 4.79 Å². The molecule has 6 nitrogen and oxygen atoms in total. The number of benzene rings is 1. The van der Waals surface area contributed by atoms with Crippen LogP contribution in [0.3, 0.4) is 0 Å². The Morgan fingerprint density at radius 1 is 1.40 bits per heavy atom. The maximum absolute atomic E-state index is 11.6. The first-order chi connectivity index (χ1) is 9.52. The Morgan fingerprint density at radius 2 is 2.15 bits per heavy atom. The lowest BCUT2D eigenvalue weighted by molar-refractivity contribution is -0.142. The first kappa shape index (κ1) is 16.0. The molecule has 1 rings (SSSR count).